The lowest BCUT2D eigenvalue weighted by Gasteiger charge is -2.10. The third-order valence-electron chi connectivity index (χ3n) is 3.40. The molecule has 0 unspecified atom stereocenters. The Morgan fingerprint density at radius 2 is 1.54 bits per heavy atom. The van der Waals surface area contributed by atoms with Crippen molar-refractivity contribution >= 4 is 23.1 Å². The lowest BCUT2D eigenvalue weighted by molar-refractivity contribution is 0.415. The molecule has 0 atom stereocenters. The lowest BCUT2D eigenvalue weighted by Crippen LogP contribution is -2.03. The summed E-state index contributed by atoms with van der Waals surface area (Å²) in [6.45, 7) is 1.99. The van der Waals surface area contributed by atoms with Gasteiger partial charge in [0.2, 0.25) is 5.95 Å². The van der Waals surface area contributed by atoms with E-state index in [1.165, 1.54) is 0 Å². The second kappa shape index (κ2) is 6.95. The zero-order valence-corrected chi connectivity index (χ0v) is 13.4. The Morgan fingerprint density at radius 3 is 2.21 bits per heavy atom. The monoisotopic (exact) mass is 324 g/mol. The van der Waals surface area contributed by atoms with Gasteiger partial charge in [0.25, 0.3) is 0 Å². The Kier molecular flexibility index (Phi) is 4.56. The summed E-state index contributed by atoms with van der Waals surface area (Å²) in [4.78, 5) is 8.15. The number of halogens is 1. The minimum Gasteiger partial charge on any atom is -0.497 e. The lowest BCUT2D eigenvalue weighted by atomic mass is 10.2. The number of benzene rings is 2. The SMILES string of the molecule is COc1ccc(Nc2ncc(F)c(Nc3ccc(C)cc3)n2)cc1. The van der Waals surface area contributed by atoms with Crippen LogP contribution in [-0.2, 0) is 0 Å². The third kappa shape index (κ3) is 3.78. The molecule has 1 aromatic heterocycles. The van der Waals surface area contributed by atoms with Gasteiger partial charge in [-0.2, -0.15) is 4.98 Å². The van der Waals surface area contributed by atoms with Gasteiger partial charge in [-0.05, 0) is 43.3 Å². The predicted molar refractivity (Wildman–Crippen MR) is 92.7 cm³/mol. The third-order valence-corrected chi connectivity index (χ3v) is 3.40. The summed E-state index contributed by atoms with van der Waals surface area (Å²) in [5.41, 5.74) is 2.67. The number of rotatable bonds is 5. The summed E-state index contributed by atoms with van der Waals surface area (Å²) in [6, 6.07) is 14.9. The molecule has 5 nitrogen and oxygen atoms in total. The Hall–Kier alpha value is -3.15. The van der Waals surface area contributed by atoms with Gasteiger partial charge in [0.05, 0.1) is 13.3 Å². The molecule has 0 fully saturated rings. The molecule has 3 aromatic rings. The van der Waals surface area contributed by atoms with Crippen molar-refractivity contribution in [1.29, 1.82) is 0 Å². The average molecular weight is 324 g/mol. The molecular weight excluding hydrogens is 307 g/mol. The highest BCUT2D eigenvalue weighted by atomic mass is 19.1. The number of nitrogens with zero attached hydrogens (tertiary/aromatic N) is 2. The van der Waals surface area contributed by atoms with E-state index in [4.69, 9.17) is 4.74 Å². The van der Waals surface area contributed by atoms with Crippen LogP contribution in [0.5, 0.6) is 5.75 Å². The first-order valence-electron chi connectivity index (χ1n) is 7.41. The fourth-order valence-corrected chi connectivity index (χ4v) is 2.09. The van der Waals surface area contributed by atoms with Gasteiger partial charge in [0.1, 0.15) is 5.75 Å². The van der Waals surface area contributed by atoms with E-state index >= 15 is 0 Å². The second-order valence-electron chi connectivity index (χ2n) is 5.23. The first-order chi connectivity index (χ1) is 11.6. The average Bonchev–Trinajstić information content (AvgIpc) is 2.60. The van der Waals surface area contributed by atoms with E-state index in [1.54, 1.807) is 7.11 Å². The number of methoxy groups -OCH3 is 1. The summed E-state index contributed by atoms with van der Waals surface area (Å²) in [5.74, 6) is 0.652. The van der Waals surface area contributed by atoms with E-state index in [2.05, 4.69) is 20.6 Å². The Morgan fingerprint density at radius 1 is 0.917 bits per heavy atom. The van der Waals surface area contributed by atoms with Crippen LogP contribution in [0, 0.1) is 12.7 Å². The van der Waals surface area contributed by atoms with Crippen molar-refractivity contribution in [2.75, 3.05) is 17.7 Å². The largest absolute Gasteiger partial charge is 0.497 e. The van der Waals surface area contributed by atoms with Crippen LogP contribution < -0.4 is 15.4 Å². The van der Waals surface area contributed by atoms with Gasteiger partial charge in [-0.3, -0.25) is 0 Å². The smallest absolute Gasteiger partial charge is 0.229 e. The molecule has 0 bridgehead atoms. The molecule has 0 amide bonds. The molecule has 24 heavy (non-hydrogen) atoms. The molecule has 0 radical (unpaired) electrons. The highest BCUT2D eigenvalue weighted by molar-refractivity contribution is 5.60. The van der Waals surface area contributed by atoms with Crippen LogP contribution in [0.3, 0.4) is 0 Å². The maximum atomic E-state index is 13.9. The van der Waals surface area contributed by atoms with E-state index < -0.39 is 5.82 Å². The van der Waals surface area contributed by atoms with Crippen molar-refractivity contribution < 1.29 is 9.13 Å². The number of anilines is 4. The molecule has 0 aliphatic rings. The zero-order valence-electron chi connectivity index (χ0n) is 13.4. The first-order valence-corrected chi connectivity index (χ1v) is 7.41. The Labute approximate surface area is 139 Å². The Balaban J connectivity index is 1.78. The Bertz CT molecular complexity index is 819. The highest BCUT2D eigenvalue weighted by Crippen LogP contribution is 2.22. The minimum atomic E-state index is -0.518. The van der Waals surface area contributed by atoms with Crippen molar-refractivity contribution in [2.45, 2.75) is 6.92 Å². The van der Waals surface area contributed by atoms with Crippen LogP contribution >= 0.6 is 0 Å². The van der Waals surface area contributed by atoms with Crippen LogP contribution in [0.1, 0.15) is 5.56 Å². The van der Waals surface area contributed by atoms with E-state index in [-0.39, 0.29) is 5.82 Å². The molecule has 2 aromatic carbocycles. The molecule has 0 saturated carbocycles. The predicted octanol–water partition coefficient (Wildman–Crippen LogP) is 4.42. The quantitative estimate of drug-likeness (QED) is 0.727. The summed E-state index contributed by atoms with van der Waals surface area (Å²) in [5, 5.41) is 5.99. The van der Waals surface area contributed by atoms with Crippen molar-refractivity contribution in [3.05, 3.63) is 66.1 Å². The first kappa shape index (κ1) is 15.7. The van der Waals surface area contributed by atoms with Gasteiger partial charge in [-0.15, -0.1) is 0 Å². The van der Waals surface area contributed by atoms with Gasteiger partial charge in [-0.1, -0.05) is 17.7 Å². The fraction of sp³-hybridized carbons (Fsp3) is 0.111. The molecule has 0 aliphatic heterocycles. The van der Waals surface area contributed by atoms with E-state index in [9.17, 15) is 4.39 Å². The fourth-order valence-electron chi connectivity index (χ4n) is 2.09. The highest BCUT2D eigenvalue weighted by Gasteiger charge is 2.08. The van der Waals surface area contributed by atoms with Crippen LogP contribution in [0.4, 0.5) is 27.5 Å². The number of aromatic nitrogens is 2. The summed E-state index contributed by atoms with van der Waals surface area (Å²) >= 11 is 0. The zero-order chi connectivity index (χ0) is 16.9. The van der Waals surface area contributed by atoms with Crippen LogP contribution in [0.15, 0.2) is 54.7 Å². The van der Waals surface area contributed by atoms with Crippen LogP contribution in [0.25, 0.3) is 0 Å². The standard InChI is InChI=1S/C18H17FN4O/c1-12-3-5-13(6-4-12)21-17-16(19)11-20-18(23-17)22-14-7-9-15(24-2)10-8-14/h3-11H,1-2H3,(H2,20,21,22,23). The van der Waals surface area contributed by atoms with Gasteiger partial charge < -0.3 is 15.4 Å². The molecule has 6 heteroatoms. The minimum absolute atomic E-state index is 0.116. The summed E-state index contributed by atoms with van der Waals surface area (Å²) in [6.07, 6.45) is 1.13. The van der Waals surface area contributed by atoms with Crippen molar-refractivity contribution in [1.82, 2.24) is 9.97 Å². The molecule has 3 rings (SSSR count). The summed E-state index contributed by atoms with van der Waals surface area (Å²) < 4.78 is 19.1. The number of aryl methyl sites for hydroxylation is 1. The van der Waals surface area contributed by atoms with Gasteiger partial charge >= 0.3 is 0 Å². The topological polar surface area (TPSA) is 59.1 Å². The number of nitrogens with one attached hydrogen (secondary N) is 2. The number of hydrogen-bond acceptors (Lipinski definition) is 5. The maximum Gasteiger partial charge on any atom is 0.229 e. The second-order valence-corrected chi connectivity index (χ2v) is 5.23. The normalized spacial score (nSPS) is 10.3. The molecule has 0 saturated heterocycles. The van der Waals surface area contributed by atoms with E-state index in [1.807, 2.05) is 55.5 Å². The molecule has 0 aliphatic carbocycles. The van der Waals surface area contributed by atoms with Crippen molar-refractivity contribution in [2.24, 2.45) is 0 Å². The van der Waals surface area contributed by atoms with Crippen LogP contribution in [-0.4, -0.2) is 17.1 Å². The van der Waals surface area contributed by atoms with E-state index in [0.717, 1.165) is 28.9 Å². The molecule has 122 valence electrons. The van der Waals surface area contributed by atoms with E-state index in [0.29, 0.717) is 5.95 Å². The maximum absolute atomic E-state index is 13.9. The van der Waals surface area contributed by atoms with Crippen molar-refractivity contribution in [3.8, 4) is 5.75 Å². The molecule has 2 N–H and O–H groups in total. The molecular formula is C18H17FN4O. The number of ether oxygens (including phenoxy) is 1. The van der Waals surface area contributed by atoms with Crippen LogP contribution in [0.2, 0.25) is 0 Å². The molecule has 0 spiro atoms. The summed E-state index contributed by atoms with van der Waals surface area (Å²) in [7, 11) is 1.61. The van der Waals surface area contributed by atoms with Gasteiger partial charge in [-0.25, -0.2) is 9.37 Å². The van der Waals surface area contributed by atoms with Gasteiger partial charge in [0, 0.05) is 11.4 Å². The van der Waals surface area contributed by atoms with Crippen molar-refractivity contribution in [3.63, 3.8) is 0 Å². The van der Waals surface area contributed by atoms with Gasteiger partial charge in [0.15, 0.2) is 11.6 Å². The number of hydrogen-bond donors (Lipinski definition) is 2. The molecule has 1 heterocycles.